The molecule has 0 amide bonds. The van der Waals surface area contributed by atoms with Gasteiger partial charge in [0.15, 0.2) is 5.78 Å². The lowest BCUT2D eigenvalue weighted by Gasteiger charge is -2.16. The van der Waals surface area contributed by atoms with E-state index in [1.165, 1.54) is 12.1 Å². The number of para-hydroxylation sites is 1. The molecule has 0 saturated carbocycles. The Morgan fingerprint density at radius 1 is 1.32 bits per heavy atom. The Labute approximate surface area is 105 Å². The molecule has 2 N–H and O–H groups in total. The van der Waals surface area contributed by atoms with Gasteiger partial charge in [0.05, 0.1) is 12.0 Å². The number of alkyl halides is 4. The summed E-state index contributed by atoms with van der Waals surface area (Å²) in [5.74, 6) is -6.26. The molecule has 0 bridgehead atoms. The number of benzene rings is 1. The van der Waals surface area contributed by atoms with E-state index in [2.05, 4.69) is 5.16 Å². The zero-order chi connectivity index (χ0) is 14.6. The molecule has 0 spiro atoms. The fraction of sp³-hybridized carbons (Fsp3) is 0.273. The molecule has 0 aliphatic carbocycles. The van der Waals surface area contributed by atoms with Gasteiger partial charge in [0.25, 0.3) is 0 Å². The quantitative estimate of drug-likeness (QED) is 0.286. The van der Waals surface area contributed by atoms with Crippen LogP contribution in [-0.2, 0) is 0 Å². The zero-order valence-corrected chi connectivity index (χ0v) is 9.36. The lowest BCUT2D eigenvalue weighted by molar-refractivity contribution is -0.0774. The summed E-state index contributed by atoms with van der Waals surface area (Å²) in [5, 5.41) is 19.7. The molecule has 0 aromatic heterocycles. The number of Topliss-reactive ketones (excluding diaryl/α,β-unsaturated/α-hetero) is 1. The number of oxime groups is 1. The van der Waals surface area contributed by atoms with Gasteiger partial charge in [0.2, 0.25) is 0 Å². The average Bonchev–Trinajstić information content (AvgIpc) is 2.35. The highest BCUT2D eigenvalue weighted by Gasteiger charge is 2.47. The van der Waals surface area contributed by atoms with Crippen LogP contribution in [0.3, 0.4) is 0 Å². The minimum Gasteiger partial charge on any atom is -0.507 e. The molecule has 8 heteroatoms. The van der Waals surface area contributed by atoms with Crippen LogP contribution in [0.15, 0.2) is 29.4 Å². The van der Waals surface area contributed by atoms with Crippen LogP contribution in [0.4, 0.5) is 17.6 Å². The lowest BCUT2D eigenvalue weighted by atomic mass is 10.0. The van der Waals surface area contributed by atoms with Crippen molar-refractivity contribution in [3.05, 3.63) is 29.8 Å². The average molecular weight is 279 g/mol. The van der Waals surface area contributed by atoms with Crippen molar-refractivity contribution in [2.24, 2.45) is 5.16 Å². The van der Waals surface area contributed by atoms with Gasteiger partial charge in [-0.3, -0.25) is 4.79 Å². The summed E-state index contributed by atoms with van der Waals surface area (Å²) in [7, 11) is 0. The van der Waals surface area contributed by atoms with Crippen LogP contribution in [0.5, 0.6) is 5.75 Å². The predicted octanol–water partition coefficient (Wildman–Crippen LogP) is 2.70. The second-order valence-corrected chi connectivity index (χ2v) is 3.59. The maximum Gasteiger partial charge on any atom is 0.348 e. The van der Waals surface area contributed by atoms with Crippen molar-refractivity contribution in [1.29, 1.82) is 0 Å². The zero-order valence-electron chi connectivity index (χ0n) is 9.36. The third-order valence-electron chi connectivity index (χ3n) is 2.31. The Bertz CT molecular complexity index is 502. The van der Waals surface area contributed by atoms with Crippen molar-refractivity contribution in [1.82, 2.24) is 0 Å². The SMILES string of the molecule is O=C(C/C(=N/O)C(F)(F)C(F)F)c1ccccc1O. The molecular formula is C11H9F4NO3. The highest BCUT2D eigenvalue weighted by atomic mass is 19.3. The monoisotopic (exact) mass is 279 g/mol. The number of hydrogen-bond acceptors (Lipinski definition) is 4. The van der Waals surface area contributed by atoms with E-state index < -0.39 is 36.0 Å². The summed E-state index contributed by atoms with van der Waals surface area (Å²) in [4.78, 5) is 11.6. The van der Waals surface area contributed by atoms with E-state index in [0.29, 0.717) is 0 Å². The van der Waals surface area contributed by atoms with Gasteiger partial charge in [-0.2, -0.15) is 8.78 Å². The number of phenols is 1. The first-order valence-electron chi connectivity index (χ1n) is 4.99. The standard InChI is InChI=1S/C11H9F4NO3/c12-10(13)11(14,15)9(16-19)5-8(18)6-3-1-2-4-7(6)17/h1-4,10,17,19H,5H2/b16-9-. The molecule has 0 unspecified atom stereocenters. The van der Waals surface area contributed by atoms with Crippen molar-refractivity contribution < 1.29 is 32.7 Å². The summed E-state index contributed by atoms with van der Waals surface area (Å²) in [6.07, 6.45) is -5.33. The van der Waals surface area contributed by atoms with Crippen LogP contribution in [0.2, 0.25) is 0 Å². The Kier molecular flexibility index (Phi) is 4.47. The Hall–Kier alpha value is -2.12. The van der Waals surface area contributed by atoms with Crippen LogP contribution in [0, 0.1) is 0 Å². The molecule has 0 saturated heterocycles. The summed E-state index contributed by atoms with van der Waals surface area (Å²) in [5.41, 5.74) is -1.98. The van der Waals surface area contributed by atoms with Crippen LogP contribution in [-0.4, -0.2) is 34.2 Å². The van der Waals surface area contributed by atoms with E-state index in [1.54, 1.807) is 0 Å². The molecule has 1 aromatic rings. The molecular weight excluding hydrogens is 270 g/mol. The number of ketones is 1. The van der Waals surface area contributed by atoms with Gasteiger partial charge in [0.1, 0.15) is 11.5 Å². The Morgan fingerprint density at radius 2 is 1.89 bits per heavy atom. The smallest absolute Gasteiger partial charge is 0.348 e. The third-order valence-corrected chi connectivity index (χ3v) is 2.31. The van der Waals surface area contributed by atoms with E-state index in [-0.39, 0.29) is 5.56 Å². The summed E-state index contributed by atoms with van der Waals surface area (Å²) in [6.45, 7) is 0. The van der Waals surface area contributed by atoms with Crippen molar-refractivity contribution >= 4 is 11.5 Å². The van der Waals surface area contributed by atoms with Gasteiger partial charge < -0.3 is 10.3 Å². The topological polar surface area (TPSA) is 69.9 Å². The first-order chi connectivity index (χ1) is 8.80. The van der Waals surface area contributed by atoms with E-state index >= 15 is 0 Å². The van der Waals surface area contributed by atoms with Gasteiger partial charge >= 0.3 is 12.3 Å². The van der Waals surface area contributed by atoms with E-state index in [9.17, 15) is 27.5 Å². The lowest BCUT2D eigenvalue weighted by Crippen LogP contribution is -2.38. The normalized spacial score (nSPS) is 12.8. The number of rotatable bonds is 5. The number of hydrogen-bond donors (Lipinski definition) is 2. The largest absolute Gasteiger partial charge is 0.507 e. The van der Waals surface area contributed by atoms with Crippen LogP contribution in [0.25, 0.3) is 0 Å². The first kappa shape index (κ1) is 14.9. The number of halogens is 4. The highest BCUT2D eigenvalue weighted by molar-refractivity contribution is 6.12. The van der Waals surface area contributed by atoms with Gasteiger partial charge in [-0.25, -0.2) is 8.78 Å². The van der Waals surface area contributed by atoms with Crippen molar-refractivity contribution in [3.8, 4) is 5.75 Å². The maximum absolute atomic E-state index is 12.9. The van der Waals surface area contributed by atoms with E-state index in [1.807, 2.05) is 0 Å². The maximum atomic E-state index is 12.9. The molecule has 1 rings (SSSR count). The number of phenolic OH excluding ortho intramolecular Hbond substituents is 1. The molecule has 0 atom stereocenters. The molecule has 0 radical (unpaired) electrons. The van der Waals surface area contributed by atoms with Crippen LogP contribution < -0.4 is 0 Å². The van der Waals surface area contributed by atoms with Crippen molar-refractivity contribution in [2.75, 3.05) is 0 Å². The van der Waals surface area contributed by atoms with Crippen molar-refractivity contribution in [3.63, 3.8) is 0 Å². The molecule has 0 aliphatic heterocycles. The van der Waals surface area contributed by atoms with Crippen LogP contribution >= 0.6 is 0 Å². The predicted molar refractivity (Wildman–Crippen MR) is 57.2 cm³/mol. The third kappa shape index (κ3) is 3.21. The van der Waals surface area contributed by atoms with Crippen molar-refractivity contribution in [2.45, 2.75) is 18.8 Å². The Balaban J connectivity index is 2.96. The fourth-order valence-corrected chi connectivity index (χ4v) is 1.30. The summed E-state index contributed by atoms with van der Waals surface area (Å²) >= 11 is 0. The molecule has 19 heavy (non-hydrogen) atoms. The van der Waals surface area contributed by atoms with Gasteiger partial charge in [-0.1, -0.05) is 17.3 Å². The molecule has 0 aliphatic rings. The fourth-order valence-electron chi connectivity index (χ4n) is 1.30. The minimum atomic E-state index is -4.71. The Morgan fingerprint density at radius 3 is 2.37 bits per heavy atom. The summed E-state index contributed by atoms with van der Waals surface area (Å²) < 4.78 is 50.0. The van der Waals surface area contributed by atoms with Gasteiger partial charge in [0, 0.05) is 0 Å². The second kappa shape index (κ2) is 5.68. The molecule has 4 nitrogen and oxygen atoms in total. The van der Waals surface area contributed by atoms with E-state index in [4.69, 9.17) is 5.21 Å². The summed E-state index contributed by atoms with van der Waals surface area (Å²) in [6, 6.07) is 5.01. The second-order valence-electron chi connectivity index (χ2n) is 3.59. The van der Waals surface area contributed by atoms with Gasteiger partial charge in [-0.05, 0) is 12.1 Å². The molecule has 104 valence electrons. The molecule has 0 heterocycles. The number of carbonyl (C=O) groups is 1. The highest BCUT2D eigenvalue weighted by Crippen LogP contribution is 2.28. The first-order valence-corrected chi connectivity index (χ1v) is 4.99. The van der Waals surface area contributed by atoms with Crippen LogP contribution in [0.1, 0.15) is 16.8 Å². The molecule has 1 aromatic carbocycles. The molecule has 0 fully saturated rings. The number of carbonyl (C=O) groups excluding carboxylic acids is 1. The van der Waals surface area contributed by atoms with Gasteiger partial charge in [-0.15, -0.1) is 0 Å². The minimum absolute atomic E-state index is 0.325. The van der Waals surface area contributed by atoms with E-state index in [0.717, 1.165) is 12.1 Å². The number of aromatic hydroxyl groups is 1. The number of nitrogens with zero attached hydrogens (tertiary/aromatic N) is 1.